The molecule has 4 N–H and O–H groups in total. The average molecular weight is 244 g/mol. The second kappa shape index (κ2) is 6.34. The highest BCUT2D eigenvalue weighted by molar-refractivity contribution is 7.98. The molecule has 0 bridgehead atoms. The first-order valence-electron chi connectivity index (χ1n) is 4.63. The largest absolute Gasteiger partial charge is 0.409 e. The number of nitrogens with two attached hydrogens (primary N) is 1. The first-order chi connectivity index (χ1) is 7.67. The topological polar surface area (TPSA) is 78.8 Å². The van der Waals surface area contributed by atoms with E-state index in [2.05, 4.69) is 5.16 Å². The monoisotopic (exact) mass is 244 g/mol. The van der Waals surface area contributed by atoms with Gasteiger partial charge >= 0.3 is 0 Å². The van der Waals surface area contributed by atoms with E-state index in [0.717, 1.165) is 5.56 Å². The first-order valence-corrected chi connectivity index (χ1v) is 5.79. The smallest absolute Gasteiger partial charge is 0.170 e. The van der Waals surface area contributed by atoms with Crippen LogP contribution in [-0.2, 0) is 5.75 Å². The van der Waals surface area contributed by atoms with E-state index in [0.29, 0.717) is 17.1 Å². The number of hydrogen-bond acceptors (Lipinski definition) is 4. The molecule has 0 aliphatic carbocycles. The van der Waals surface area contributed by atoms with Crippen LogP contribution in [0, 0.1) is 5.82 Å². The van der Waals surface area contributed by atoms with E-state index in [1.807, 2.05) is 0 Å². The maximum atomic E-state index is 13.2. The zero-order chi connectivity index (χ0) is 12.0. The molecule has 0 spiro atoms. The SMILES string of the molecule is N/C(=N/O)c1cc(F)cc(CSCCO)c1. The number of aliphatic hydroxyl groups is 1. The van der Waals surface area contributed by atoms with Gasteiger partial charge in [-0.3, -0.25) is 0 Å². The average Bonchev–Trinajstić information content (AvgIpc) is 2.27. The van der Waals surface area contributed by atoms with E-state index in [1.54, 1.807) is 6.07 Å². The Balaban J connectivity index is 2.82. The van der Waals surface area contributed by atoms with Crippen molar-refractivity contribution in [2.45, 2.75) is 5.75 Å². The molecule has 0 fully saturated rings. The molecule has 1 rings (SSSR count). The summed E-state index contributed by atoms with van der Waals surface area (Å²) < 4.78 is 13.2. The fourth-order valence-electron chi connectivity index (χ4n) is 1.19. The lowest BCUT2D eigenvalue weighted by molar-refractivity contribution is 0.318. The van der Waals surface area contributed by atoms with E-state index in [-0.39, 0.29) is 12.4 Å². The molecule has 0 unspecified atom stereocenters. The summed E-state index contributed by atoms with van der Waals surface area (Å²) >= 11 is 1.48. The minimum absolute atomic E-state index is 0.0904. The highest BCUT2D eigenvalue weighted by Crippen LogP contribution is 2.15. The van der Waals surface area contributed by atoms with E-state index in [9.17, 15) is 4.39 Å². The normalized spacial score (nSPS) is 11.8. The van der Waals surface area contributed by atoms with Gasteiger partial charge < -0.3 is 16.0 Å². The molecule has 16 heavy (non-hydrogen) atoms. The van der Waals surface area contributed by atoms with Crippen molar-refractivity contribution >= 4 is 17.6 Å². The Bertz CT molecular complexity index is 385. The van der Waals surface area contributed by atoms with Crippen LogP contribution in [0.5, 0.6) is 0 Å². The van der Waals surface area contributed by atoms with Crippen LogP contribution in [0.2, 0.25) is 0 Å². The van der Waals surface area contributed by atoms with Crippen LogP contribution in [0.25, 0.3) is 0 Å². The molecule has 0 heterocycles. The van der Waals surface area contributed by atoms with Crippen LogP contribution in [0.3, 0.4) is 0 Å². The standard InChI is InChI=1S/C10H13FN2O2S/c11-9-4-7(6-16-2-1-14)3-8(5-9)10(12)13-15/h3-5,14-15H,1-2,6H2,(H2,12,13). The van der Waals surface area contributed by atoms with Crippen LogP contribution in [0.15, 0.2) is 23.4 Å². The first kappa shape index (κ1) is 12.8. The molecule has 88 valence electrons. The van der Waals surface area contributed by atoms with Crippen molar-refractivity contribution in [1.29, 1.82) is 0 Å². The van der Waals surface area contributed by atoms with E-state index >= 15 is 0 Å². The minimum Gasteiger partial charge on any atom is -0.409 e. The second-order valence-electron chi connectivity index (χ2n) is 3.11. The summed E-state index contributed by atoms with van der Waals surface area (Å²) in [5.74, 6) is 0.621. The number of amidine groups is 1. The van der Waals surface area contributed by atoms with Crippen molar-refractivity contribution < 1.29 is 14.7 Å². The lowest BCUT2D eigenvalue weighted by atomic mass is 10.1. The highest BCUT2D eigenvalue weighted by Gasteiger charge is 2.04. The summed E-state index contributed by atoms with van der Waals surface area (Å²) in [5, 5.41) is 19.9. The van der Waals surface area contributed by atoms with Gasteiger partial charge in [-0.2, -0.15) is 11.8 Å². The molecule has 6 heteroatoms. The summed E-state index contributed by atoms with van der Waals surface area (Å²) in [7, 11) is 0. The van der Waals surface area contributed by atoms with Crippen molar-refractivity contribution in [3.05, 3.63) is 35.1 Å². The molecule has 0 atom stereocenters. The highest BCUT2D eigenvalue weighted by atomic mass is 32.2. The van der Waals surface area contributed by atoms with Gasteiger partial charge in [0.2, 0.25) is 0 Å². The summed E-state index contributed by atoms with van der Waals surface area (Å²) in [4.78, 5) is 0. The Hall–Kier alpha value is -1.27. The molecular weight excluding hydrogens is 231 g/mol. The summed E-state index contributed by atoms with van der Waals surface area (Å²) in [6, 6.07) is 4.25. The third-order valence-corrected chi connectivity index (χ3v) is 2.87. The van der Waals surface area contributed by atoms with Crippen molar-refractivity contribution in [3.8, 4) is 0 Å². The fourth-order valence-corrected chi connectivity index (χ4v) is 1.87. The number of oxime groups is 1. The molecule has 4 nitrogen and oxygen atoms in total. The Kier molecular flexibility index (Phi) is 5.07. The molecule has 0 aliphatic rings. The fraction of sp³-hybridized carbons (Fsp3) is 0.300. The Morgan fingerprint density at radius 1 is 1.44 bits per heavy atom. The zero-order valence-corrected chi connectivity index (χ0v) is 9.38. The van der Waals surface area contributed by atoms with Crippen molar-refractivity contribution in [2.24, 2.45) is 10.9 Å². The zero-order valence-electron chi connectivity index (χ0n) is 8.56. The van der Waals surface area contributed by atoms with Crippen molar-refractivity contribution in [1.82, 2.24) is 0 Å². The van der Waals surface area contributed by atoms with Crippen LogP contribution < -0.4 is 5.73 Å². The third kappa shape index (κ3) is 3.71. The number of halogens is 1. The number of nitrogens with zero attached hydrogens (tertiary/aromatic N) is 1. The van der Waals surface area contributed by atoms with Gasteiger partial charge in [-0.05, 0) is 23.8 Å². The van der Waals surface area contributed by atoms with Gasteiger partial charge in [0, 0.05) is 17.1 Å². The molecule has 0 amide bonds. The minimum atomic E-state index is -0.427. The van der Waals surface area contributed by atoms with Crippen LogP contribution in [-0.4, -0.2) is 28.5 Å². The van der Waals surface area contributed by atoms with Gasteiger partial charge in [0.1, 0.15) is 5.82 Å². The summed E-state index contributed by atoms with van der Waals surface area (Å²) in [5.41, 5.74) is 6.46. The van der Waals surface area contributed by atoms with Crippen molar-refractivity contribution in [2.75, 3.05) is 12.4 Å². The molecule has 0 saturated carbocycles. The third-order valence-electron chi connectivity index (χ3n) is 1.87. The number of thioether (sulfide) groups is 1. The van der Waals surface area contributed by atoms with Gasteiger partial charge in [0.15, 0.2) is 5.84 Å². The van der Waals surface area contributed by atoms with Gasteiger partial charge in [-0.1, -0.05) is 5.16 Å². The number of hydrogen-bond donors (Lipinski definition) is 3. The van der Waals surface area contributed by atoms with Gasteiger partial charge in [-0.25, -0.2) is 4.39 Å². The maximum Gasteiger partial charge on any atom is 0.170 e. The Labute approximate surface area is 97.0 Å². The predicted molar refractivity (Wildman–Crippen MR) is 62.2 cm³/mol. The molecule has 0 aliphatic heterocycles. The summed E-state index contributed by atoms with van der Waals surface area (Å²) in [6.45, 7) is 0.0904. The van der Waals surface area contributed by atoms with Gasteiger partial charge in [0.05, 0.1) is 6.61 Å². The quantitative estimate of drug-likeness (QED) is 0.239. The van der Waals surface area contributed by atoms with Crippen LogP contribution >= 0.6 is 11.8 Å². The number of rotatable bonds is 5. The summed E-state index contributed by atoms with van der Waals surface area (Å²) in [6.07, 6.45) is 0. The lowest BCUT2D eigenvalue weighted by Crippen LogP contribution is -2.13. The molecule has 0 saturated heterocycles. The Morgan fingerprint density at radius 2 is 2.19 bits per heavy atom. The van der Waals surface area contributed by atoms with Crippen LogP contribution in [0.4, 0.5) is 4.39 Å². The second-order valence-corrected chi connectivity index (χ2v) is 4.21. The van der Waals surface area contributed by atoms with E-state index < -0.39 is 5.82 Å². The van der Waals surface area contributed by atoms with Gasteiger partial charge in [0.25, 0.3) is 0 Å². The van der Waals surface area contributed by atoms with E-state index in [1.165, 1.54) is 23.9 Å². The molecule has 1 aromatic carbocycles. The van der Waals surface area contributed by atoms with Crippen molar-refractivity contribution in [3.63, 3.8) is 0 Å². The predicted octanol–water partition coefficient (Wildman–Crippen LogP) is 1.15. The molecule has 1 aromatic rings. The number of aliphatic hydroxyl groups excluding tert-OH is 1. The van der Waals surface area contributed by atoms with Crippen LogP contribution in [0.1, 0.15) is 11.1 Å². The molecule has 0 radical (unpaired) electrons. The Morgan fingerprint density at radius 3 is 2.81 bits per heavy atom. The van der Waals surface area contributed by atoms with Gasteiger partial charge in [-0.15, -0.1) is 0 Å². The van der Waals surface area contributed by atoms with E-state index in [4.69, 9.17) is 16.0 Å². The lowest BCUT2D eigenvalue weighted by Gasteiger charge is -2.04. The molecule has 0 aromatic heterocycles. The maximum absolute atomic E-state index is 13.2. The molecular formula is C10H13FN2O2S. The number of benzene rings is 1.